The third-order valence-corrected chi connectivity index (χ3v) is 4.06. The smallest absolute Gasteiger partial charge is 0.0562 e. The van der Waals surface area contributed by atoms with Crippen LogP contribution >= 0.6 is 11.6 Å². The molecule has 3 aromatic carbocycles. The standard InChI is InChI=1S/C21H17Cl/c1-16-12-14-18(15-13-16)20(17-8-4-2-5-9-17)21(22)19-10-6-3-7-11-19/h2-15H,1H3/b21-20-. The van der Waals surface area contributed by atoms with Crippen LogP contribution in [0.2, 0.25) is 0 Å². The largest absolute Gasteiger partial charge is 0.0830 e. The zero-order valence-electron chi connectivity index (χ0n) is 12.5. The van der Waals surface area contributed by atoms with Gasteiger partial charge in [-0.3, -0.25) is 0 Å². The third kappa shape index (κ3) is 3.13. The molecule has 108 valence electrons. The predicted octanol–water partition coefficient (Wildman–Crippen LogP) is 6.15. The van der Waals surface area contributed by atoms with Gasteiger partial charge < -0.3 is 0 Å². The summed E-state index contributed by atoms with van der Waals surface area (Å²) in [6, 6.07) is 28.9. The first-order valence-corrected chi connectivity index (χ1v) is 7.71. The van der Waals surface area contributed by atoms with E-state index in [2.05, 4.69) is 43.3 Å². The molecule has 0 aliphatic rings. The highest BCUT2D eigenvalue weighted by Gasteiger charge is 2.11. The minimum Gasteiger partial charge on any atom is -0.0830 e. The number of hydrogen-bond acceptors (Lipinski definition) is 0. The number of halogens is 1. The Morgan fingerprint density at radius 1 is 0.591 bits per heavy atom. The van der Waals surface area contributed by atoms with E-state index in [4.69, 9.17) is 11.6 Å². The Morgan fingerprint density at radius 3 is 1.59 bits per heavy atom. The molecule has 0 unspecified atom stereocenters. The van der Waals surface area contributed by atoms with Crippen LogP contribution in [0.5, 0.6) is 0 Å². The summed E-state index contributed by atoms with van der Waals surface area (Å²) in [5.74, 6) is 0. The summed E-state index contributed by atoms with van der Waals surface area (Å²) in [6.45, 7) is 2.09. The molecule has 0 atom stereocenters. The van der Waals surface area contributed by atoms with Crippen molar-refractivity contribution in [2.24, 2.45) is 0 Å². The molecule has 0 aromatic heterocycles. The fourth-order valence-corrected chi connectivity index (χ4v) is 2.82. The molecule has 0 saturated heterocycles. The summed E-state index contributed by atoms with van der Waals surface area (Å²) in [7, 11) is 0. The van der Waals surface area contributed by atoms with Gasteiger partial charge in [0, 0.05) is 5.57 Å². The van der Waals surface area contributed by atoms with E-state index in [-0.39, 0.29) is 0 Å². The maximum atomic E-state index is 6.76. The number of hydrogen-bond donors (Lipinski definition) is 0. The van der Waals surface area contributed by atoms with Crippen LogP contribution < -0.4 is 0 Å². The first-order chi connectivity index (χ1) is 10.8. The van der Waals surface area contributed by atoms with Crippen molar-refractivity contribution in [3.05, 3.63) is 107 Å². The van der Waals surface area contributed by atoms with Crippen LogP contribution in [0.3, 0.4) is 0 Å². The molecule has 0 bridgehead atoms. The lowest BCUT2D eigenvalue weighted by atomic mass is 9.95. The second kappa shape index (κ2) is 6.64. The van der Waals surface area contributed by atoms with E-state index in [9.17, 15) is 0 Å². The molecule has 0 nitrogen and oxygen atoms in total. The minimum atomic E-state index is 0.774. The molecule has 0 heterocycles. The van der Waals surface area contributed by atoms with Crippen molar-refractivity contribution < 1.29 is 0 Å². The van der Waals surface area contributed by atoms with Gasteiger partial charge in [-0.25, -0.2) is 0 Å². The van der Waals surface area contributed by atoms with Crippen molar-refractivity contribution in [2.75, 3.05) is 0 Å². The van der Waals surface area contributed by atoms with Gasteiger partial charge in [-0.1, -0.05) is 102 Å². The van der Waals surface area contributed by atoms with E-state index >= 15 is 0 Å². The van der Waals surface area contributed by atoms with Gasteiger partial charge in [-0.15, -0.1) is 0 Å². The topological polar surface area (TPSA) is 0 Å². The lowest BCUT2D eigenvalue weighted by molar-refractivity contribution is 1.45. The fourth-order valence-electron chi connectivity index (χ4n) is 2.47. The molecule has 1 heteroatoms. The van der Waals surface area contributed by atoms with Crippen molar-refractivity contribution in [1.29, 1.82) is 0 Å². The number of benzene rings is 3. The maximum absolute atomic E-state index is 6.76. The molecule has 22 heavy (non-hydrogen) atoms. The molecule has 0 saturated carbocycles. The average molecular weight is 305 g/mol. The predicted molar refractivity (Wildman–Crippen MR) is 95.8 cm³/mol. The summed E-state index contributed by atoms with van der Waals surface area (Å²) < 4.78 is 0. The highest BCUT2D eigenvalue weighted by molar-refractivity contribution is 6.53. The van der Waals surface area contributed by atoms with Gasteiger partial charge in [0.2, 0.25) is 0 Å². The van der Waals surface area contributed by atoms with Crippen LogP contribution in [0.1, 0.15) is 22.3 Å². The Morgan fingerprint density at radius 2 is 1.05 bits per heavy atom. The Bertz CT molecular complexity index is 769. The van der Waals surface area contributed by atoms with E-state index in [1.165, 1.54) is 5.56 Å². The zero-order chi connectivity index (χ0) is 15.4. The van der Waals surface area contributed by atoms with Crippen LogP contribution in [0.25, 0.3) is 10.6 Å². The lowest BCUT2D eigenvalue weighted by Crippen LogP contribution is -1.91. The van der Waals surface area contributed by atoms with Crippen molar-refractivity contribution in [1.82, 2.24) is 0 Å². The second-order valence-electron chi connectivity index (χ2n) is 5.29. The Labute approximate surface area is 136 Å². The quantitative estimate of drug-likeness (QED) is 0.509. The molecule has 0 aliphatic carbocycles. The van der Waals surface area contributed by atoms with Gasteiger partial charge >= 0.3 is 0 Å². The van der Waals surface area contributed by atoms with Gasteiger partial charge in [0.25, 0.3) is 0 Å². The Hall–Kier alpha value is -2.31. The van der Waals surface area contributed by atoms with Crippen LogP contribution in [-0.4, -0.2) is 0 Å². The Balaban J connectivity index is 2.21. The molecule has 0 N–H and O–H groups in total. The normalized spacial score (nSPS) is 11.9. The minimum absolute atomic E-state index is 0.774. The molecular formula is C21H17Cl. The SMILES string of the molecule is Cc1ccc(/C(=C(\Cl)c2ccccc2)c2ccccc2)cc1. The van der Waals surface area contributed by atoms with Gasteiger partial charge in [-0.2, -0.15) is 0 Å². The first-order valence-electron chi connectivity index (χ1n) is 7.33. The number of rotatable bonds is 3. The summed E-state index contributed by atoms with van der Waals surface area (Å²) in [5.41, 5.74) is 5.59. The number of aryl methyl sites for hydroxylation is 1. The Kier molecular flexibility index (Phi) is 4.41. The summed E-state index contributed by atoms with van der Waals surface area (Å²) in [4.78, 5) is 0. The van der Waals surface area contributed by atoms with Crippen LogP contribution in [0.4, 0.5) is 0 Å². The van der Waals surface area contributed by atoms with Gasteiger partial charge in [0.15, 0.2) is 0 Å². The molecule has 0 amide bonds. The maximum Gasteiger partial charge on any atom is 0.0562 e. The molecule has 3 rings (SSSR count). The van der Waals surface area contributed by atoms with E-state index in [1.54, 1.807) is 0 Å². The third-order valence-electron chi connectivity index (χ3n) is 3.65. The van der Waals surface area contributed by atoms with E-state index in [1.807, 2.05) is 48.5 Å². The van der Waals surface area contributed by atoms with E-state index < -0.39 is 0 Å². The van der Waals surface area contributed by atoms with Crippen LogP contribution in [0, 0.1) is 6.92 Å². The molecule has 0 aliphatic heterocycles. The zero-order valence-corrected chi connectivity index (χ0v) is 13.2. The molecule has 0 spiro atoms. The van der Waals surface area contributed by atoms with E-state index in [0.29, 0.717) is 0 Å². The summed E-state index contributed by atoms with van der Waals surface area (Å²) in [6.07, 6.45) is 0. The molecular weight excluding hydrogens is 288 g/mol. The molecule has 3 aromatic rings. The van der Waals surface area contributed by atoms with Crippen LogP contribution in [-0.2, 0) is 0 Å². The van der Waals surface area contributed by atoms with E-state index in [0.717, 1.165) is 27.3 Å². The van der Waals surface area contributed by atoms with Crippen molar-refractivity contribution in [3.63, 3.8) is 0 Å². The molecule has 0 radical (unpaired) electrons. The highest BCUT2D eigenvalue weighted by Crippen LogP contribution is 2.34. The van der Waals surface area contributed by atoms with Crippen LogP contribution in [0.15, 0.2) is 84.9 Å². The van der Waals surface area contributed by atoms with Gasteiger partial charge in [-0.05, 0) is 23.6 Å². The summed E-state index contributed by atoms with van der Waals surface area (Å²) >= 11 is 6.76. The first kappa shape index (κ1) is 14.6. The highest BCUT2D eigenvalue weighted by atomic mass is 35.5. The van der Waals surface area contributed by atoms with Gasteiger partial charge in [0.05, 0.1) is 5.03 Å². The fraction of sp³-hybridized carbons (Fsp3) is 0.0476. The van der Waals surface area contributed by atoms with Gasteiger partial charge in [0.1, 0.15) is 0 Å². The monoisotopic (exact) mass is 304 g/mol. The van der Waals surface area contributed by atoms with Crippen molar-refractivity contribution >= 4 is 22.2 Å². The van der Waals surface area contributed by atoms with Crippen molar-refractivity contribution in [2.45, 2.75) is 6.92 Å². The summed E-state index contributed by atoms with van der Waals surface area (Å²) in [5, 5.41) is 0.774. The second-order valence-corrected chi connectivity index (χ2v) is 5.67. The molecule has 0 fully saturated rings. The lowest BCUT2D eigenvalue weighted by Gasteiger charge is -2.12. The average Bonchev–Trinajstić information content (AvgIpc) is 2.58. The van der Waals surface area contributed by atoms with Crippen molar-refractivity contribution in [3.8, 4) is 0 Å².